The molecule has 0 radical (unpaired) electrons. The monoisotopic (exact) mass is 833 g/mol. The first-order valence-electron chi connectivity index (χ1n) is 19.2. The molecule has 1 spiro atoms. The number of halogens is 4. The van der Waals surface area contributed by atoms with Crippen molar-refractivity contribution in [3.05, 3.63) is 90.8 Å². The van der Waals surface area contributed by atoms with E-state index in [0.29, 0.717) is 64.2 Å². The number of anilines is 2. The third kappa shape index (κ3) is 7.08. The summed E-state index contributed by atoms with van der Waals surface area (Å²) in [6.07, 6.45) is -1.55. The van der Waals surface area contributed by atoms with Crippen molar-refractivity contribution in [2.75, 3.05) is 52.3 Å². The summed E-state index contributed by atoms with van der Waals surface area (Å²) < 4.78 is 54.8. The van der Waals surface area contributed by atoms with E-state index < -0.39 is 34.7 Å². The fraction of sp³-hybridized carbons (Fsp3) is 0.415. The summed E-state index contributed by atoms with van der Waals surface area (Å²) in [5.74, 6) is -1.39. The van der Waals surface area contributed by atoms with Crippen LogP contribution in [-0.2, 0) is 31.4 Å². The lowest BCUT2D eigenvalue weighted by Crippen LogP contribution is -2.61. The number of nitrogens with zero attached hydrogens (tertiary/aromatic N) is 7. The molecule has 2 N–H and O–H groups in total. The molecule has 59 heavy (non-hydrogen) atoms. The Kier molecular flexibility index (Phi) is 10.4. The first-order valence-corrected chi connectivity index (χ1v) is 19.6. The normalized spacial score (nSPS) is 19.4. The highest BCUT2D eigenvalue weighted by molar-refractivity contribution is 6.36. The number of aromatic nitrogens is 5. The molecule has 2 saturated heterocycles. The lowest BCUT2D eigenvalue weighted by Gasteiger charge is -2.40. The fourth-order valence-electron chi connectivity index (χ4n) is 8.76. The van der Waals surface area contributed by atoms with E-state index >= 15 is 0 Å². The van der Waals surface area contributed by atoms with Gasteiger partial charge >= 0.3 is 17.9 Å². The first-order chi connectivity index (χ1) is 28.1. The molecule has 310 valence electrons. The number of carbonyl (C=O) groups is 1. The Hall–Kier alpha value is -5.52. The summed E-state index contributed by atoms with van der Waals surface area (Å²) in [5.41, 5.74) is 3.31. The van der Waals surface area contributed by atoms with Crippen LogP contribution < -0.4 is 26.6 Å². The van der Waals surface area contributed by atoms with Gasteiger partial charge in [-0.2, -0.15) is 13.2 Å². The number of nitrogens with one attached hydrogen (secondary N) is 2. The predicted molar refractivity (Wildman–Crippen MR) is 216 cm³/mol. The van der Waals surface area contributed by atoms with Crippen molar-refractivity contribution >= 4 is 40.2 Å². The average molecular weight is 834 g/mol. The summed E-state index contributed by atoms with van der Waals surface area (Å²) in [7, 11) is 5.71. The average Bonchev–Trinajstić information content (AvgIpc) is 3.83. The molecule has 8 rings (SSSR count). The van der Waals surface area contributed by atoms with Crippen molar-refractivity contribution in [3.8, 4) is 28.3 Å². The number of fused-ring (bicyclic) bond motifs is 2. The van der Waals surface area contributed by atoms with E-state index in [9.17, 15) is 27.6 Å². The van der Waals surface area contributed by atoms with Crippen LogP contribution in [0.3, 0.4) is 0 Å². The van der Waals surface area contributed by atoms with Crippen LogP contribution in [0.1, 0.15) is 47.8 Å². The minimum atomic E-state index is -4.96. The number of hydrogen-bond donors (Lipinski definition) is 2. The maximum Gasteiger partial charge on any atom is 0.451 e. The van der Waals surface area contributed by atoms with Gasteiger partial charge in [-0.25, -0.2) is 24.5 Å². The Morgan fingerprint density at radius 3 is 2.44 bits per heavy atom. The molecule has 0 saturated carbocycles. The van der Waals surface area contributed by atoms with Crippen molar-refractivity contribution in [1.29, 1.82) is 0 Å². The number of methoxy groups -OCH3 is 2. The third-order valence-corrected chi connectivity index (χ3v) is 12.3. The number of pyridine rings is 1. The molecule has 1 aliphatic carbocycles. The number of carbonyl (C=O) groups excluding carboxylic acids is 1. The number of alkyl halides is 3. The molecule has 3 aliphatic rings. The van der Waals surface area contributed by atoms with Crippen LogP contribution in [0.15, 0.2) is 52.1 Å². The number of urea groups is 1. The molecule has 2 aliphatic heterocycles. The van der Waals surface area contributed by atoms with E-state index in [1.807, 2.05) is 24.3 Å². The smallest absolute Gasteiger partial charge is 0.451 e. The van der Waals surface area contributed by atoms with Crippen molar-refractivity contribution in [2.45, 2.75) is 50.4 Å². The van der Waals surface area contributed by atoms with E-state index in [4.69, 9.17) is 26.1 Å². The van der Waals surface area contributed by atoms with Gasteiger partial charge in [-0.05, 0) is 61.4 Å². The Bertz CT molecular complexity index is 2630. The van der Waals surface area contributed by atoms with E-state index in [1.165, 1.54) is 14.1 Å². The fourth-order valence-corrected chi connectivity index (χ4v) is 9.08. The molecule has 18 heteroatoms. The number of likely N-dealkylation sites (tertiary alicyclic amines) is 1. The molecule has 2 aromatic carbocycles. The molecule has 14 nitrogen and oxygen atoms in total. The van der Waals surface area contributed by atoms with Gasteiger partial charge < -0.3 is 25.0 Å². The Balaban J connectivity index is 1.10. The summed E-state index contributed by atoms with van der Waals surface area (Å²) in [4.78, 5) is 55.4. The minimum absolute atomic E-state index is 0.0525. The van der Waals surface area contributed by atoms with E-state index in [2.05, 4.69) is 31.6 Å². The number of aryl methyl sites for hydroxylation is 2. The summed E-state index contributed by atoms with van der Waals surface area (Å²) in [5, 5.41) is 6.37. The van der Waals surface area contributed by atoms with Gasteiger partial charge in [-0.1, -0.05) is 41.9 Å². The molecule has 2 amide bonds. The van der Waals surface area contributed by atoms with Crippen LogP contribution in [0.4, 0.5) is 29.5 Å². The summed E-state index contributed by atoms with van der Waals surface area (Å²) in [6.45, 7) is 5.09. The zero-order chi connectivity index (χ0) is 42.0. The standard InChI is InChI=1S/C41H43ClF3N9O5/c1-22-24(8-7-11-27(22)46-33-31-34(49-37(48-33)41(43,44)45)51(2)39(57)52(3)36(31)55)25-9-6-10-26(32(25)42)28-20-23-12-13-29(30(23)35(47-28)59-5)54-17-15-40(21-54)14-16-53(18-19-58-4)38(56)50-40/h6-11,20,29H,12-19,21H2,1-5H3,(H,50,56)(H,46,48,49)/t29-,40+/m1/s1. The third-order valence-electron chi connectivity index (χ3n) is 11.9. The summed E-state index contributed by atoms with van der Waals surface area (Å²) >= 11 is 7.22. The Morgan fingerprint density at radius 2 is 1.71 bits per heavy atom. The second-order valence-corrected chi connectivity index (χ2v) is 15.8. The van der Waals surface area contributed by atoms with Crippen molar-refractivity contribution < 1.29 is 27.4 Å². The van der Waals surface area contributed by atoms with Gasteiger partial charge in [0.15, 0.2) is 5.65 Å². The van der Waals surface area contributed by atoms with Crippen molar-refractivity contribution in [1.82, 2.24) is 39.2 Å². The molecule has 0 unspecified atom stereocenters. The molecular formula is C41H43ClF3N9O5. The SMILES string of the molecule is COCCN1CC[C@@]2(CCN([C@@H]3CCc4cc(-c5cccc(-c6cccc(Nc7nc(C(F)(F)F)nc8c7c(=O)n(C)c(=O)n8C)c6C)c5Cl)nc(OC)c43)C2)NC1=O. The number of ether oxygens (including phenoxy) is 2. The molecule has 5 aromatic rings. The Morgan fingerprint density at radius 1 is 0.983 bits per heavy atom. The quantitative estimate of drug-likeness (QED) is 0.182. The van der Waals surface area contributed by atoms with Gasteiger partial charge in [0, 0.05) is 75.8 Å². The predicted octanol–water partition coefficient (Wildman–Crippen LogP) is 5.98. The van der Waals surface area contributed by atoms with E-state index in [1.54, 1.807) is 38.2 Å². The highest BCUT2D eigenvalue weighted by Crippen LogP contribution is 2.47. The molecule has 2 fully saturated rings. The van der Waals surface area contributed by atoms with Crippen molar-refractivity contribution in [3.63, 3.8) is 0 Å². The van der Waals surface area contributed by atoms with Crippen LogP contribution in [0.2, 0.25) is 5.02 Å². The molecule has 2 atom stereocenters. The van der Waals surface area contributed by atoms with Crippen LogP contribution in [0, 0.1) is 6.92 Å². The maximum atomic E-state index is 14.0. The first kappa shape index (κ1) is 40.3. The van der Waals surface area contributed by atoms with Crippen LogP contribution in [0.5, 0.6) is 5.88 Å². The van der Waals surface area contributed by atoms with E-state index in [-0.39, 0.29) is 23.0 Å². The largest absolute Gasteiger partial charge is 0.481 e. The van der Waals surface area contributed by atoms with Crippen LogP contribution in [-0.4, -0.2) is 92.5 Å². The van der Waals surface area contributed by atoms with Gasteiger partial charge in [-0.3, -0.25) is 18.8 Å². The van der Waals surface area contributed by atoms with Crippen LogP contribution in [0.25, 0.3) is 33.4 Å². The minimum Gasteiger partial charge on any atom is -0.481 e. The topological polar surface area (TPSA) is 149 Å². The highest BCUT2D eigenvalue weighted by atomic mass is 35.5. The molecule has 0 bridgehead atoms. The lowest BCUT2D eigenvalue weighted by molar-refractivity contribution is -0.144. The Labute approximate surface area is 341 Å². The van der Waals surface area contributed by atoms with E-state index in [0.717, 1.165) is 59.0 Å². The van der Waals surface area contributed by atoms with Crippen LogP contribution >= 0.6 is 11.6 Å². The second-order valence-electron chi connectivity index (χ2n) is 15.4. The zero-order valence-corrected chi connectivity index (χ0v) is 33.9. The molecule has 3 aromatic heterocycles. The molecule has 5 heterocycles. The maximum absolute atomic E-state index is 14.0. The van der Waals surface area contributed by atoms with Gasteiger partial charge in [0.2, 0.25) is 11.7 Å². The number of rotatable bonds is 9. The number of hydrogen-bond acceptors (Lipinski definition) is 10. The number of amides is 2. The molecular weight excluding hydrogens is 791 g/mol. The number of benzene rings is 2. The lowest BCUT2D eigenvalue weighted by atomic mass is 9.92. The van der Waals surface area contributed by atoms with Gasteiger partial charge in [0.05, 0.1) is 30.0 Å². The second kappa shape index (κ2) is 15.3. The summed E-state index contributed by atoms with van der Waals surface area (Å²) in [6, 6.07) is 12.9. The van der Waals surface area contributed by atoms with Gasteiger partial charge in [0.25, 0.3) is 5.56 Å². The van der Waals surface area contributed by atoms with Crippen molar-refractivity contribution in [2.24, 2.45) is 14.1 Å². The van der Waals surface area contributed by atoms with Gasteiger partial charge in [-0.15, -0.1) is 0 Å². The zero-order valence-electron chi connectivity index (χ0n) is 33.2. The highest BCUT2D eigenvalue weighted by Gasteiger charge is 2.47. The van der Waals surface area contributed by atoms with Gasteiger partial charge in [0.1, 0.15) is 11.2 Å².